The number of amides is 2. The molecule has 1 aliphatic rings. The Kier molecular flexibility index (Phi) is 4.32. The molecular weight excluding hydrogens is 329 g/mol. The third-order valence-electron chi connectivity index (χ3n) is 3.91. The Bertz CT molecular complexity index is 856. The van der Waals surface area contributed by atoms with Crippen LogP contribution in [0.25, 0.3) is 0 Å². The van der Waals surface area contributed by atoms with Crippen molar-refractivity contribution in [3.05, 3.63) is 46.6 Å². The molecule has 0 spiro atoms. The van der Waals surface area contributed by atoms with Gasteiger partial charge < -0.3 is 10.2 Å². The molecule has 1 aromatic heterocycles. The van der Waals surface area contributed by atoms with Crippen LogP contribution in [0.1, 0.15) is 17.5 Å². The Morgan fingerprint density at radius 3 is 2.96 bits per heavy atom. The molecular formula is C17H14FN3O2S. The number of anilines is 2. The van der Waals surface area contributed by atoms with E-state index in [0.717, 1.165) is 5.56 Å². The molecule has 0 unspecified atom stereocenters. The number of aryl methyl sites for hydroxylation is 1. The summed E-state index contributed by atoms with van der Waals surface area (Å²) in [6, 6.07) is 8.26. The maximum atomic E-state index is 14.1. The van der Waals surface area contributed by atoms with E-state index in [4.69, 9.17) is 5.26 Å². The third kappa shape index (κ3) is 3.01. The first-order chi connectivity index (χ1) is 11.5. The number of nitrogens with one attached hydrogen (secondary N) is 1. The van der Waals surface area contributed by atoms with Gasteiger partial charge in [0.15, 0.2) is 0 Å². The van der Waals surface area contributed by atoms with Crippen LogP contribution in [0.5, 0.6) is 0 Å². The van der Waals surface area contributed by atoms with Crippen LogP contribution in [0, 0.1) is 30.0 Å². The second kappa shape index (κ2) is 6.42. The minimum absolute atomic E-state index is 0.0202. The fraction of sp³-hybridized carbons (Fsp3) is 0.235. The van der Waals surface area contributed by atoms with E-state index in [9.17, 15) is 14.0 Å². The molecule has 1 aliphatic heterocycles. The molecule has 0 bridgehead atoms. The smallest absolute Gasteiger partial charge is 0.230 e. The van der Waals surface area contributed by atoms with Crippen LogP contribution in [-0.2, 0) is 9.59 Å². The Hall–Kier alpha value is -2.72. The molecule has 1 N–H and O–H groups in total. The van der Waals surface area contributed by atoms with Crippen LogP contribution >= 0.6 is 11.3 Å². The van der Waals surface area contributed by atoms with Gasteiger partial charge in [-0.05, 0) is 36.1 Å². The Labute approximate surface area is 142 Å². The predicted octanol–water partition coefficient (Wildman–Crippen LogP) is 3.06. The number of benzene rings is 1. The average molecular weight is 343 g/mol. The summed E-state index contributed by atoms with van der Waals surface area (Å²) in [5.41, 5.74) is 1.34. The molecule has 24 heavy (non-hydrogen) atoms. The SMILES string of the molecule is Cc1ccc(N2C[C@H](C(=O)Nc3sccc3C#N)CC2=O)c(F)c1. The number of hydrogen-bond donors (Lipinski definition) is 1. The summed E-state index contributed by atoms with van der Waals surface area (Å²) in [5.74, 6) is -1.68. The van der Waals surface area contributed by atoms with Crippen LogP contribution in [0.4, 0.5) is 15.1 Å². The van der Waals surface area contributed by atoms with E-state index in [-0.39, 0.29) is 30.5 Å². The minimum Gasteiger partial charge on any atom is -0.316 e. The van der Waals surface area contributed by atoms with Crippen molar-refractivity contribution in [2.75, 3.05) is 16.8 Å². The first-order valence-corrected chi connectivity index (χ1v) is 8.22. The lowest BCUT2D eigenvalue weighted by atomic mass is 10.1. The van der Waals surface area contributed by atoms with Gasteiger partial charge in [-0.1, -0.05) is 6.07 Å². The lowest BCUT2D eigenvalue weighted by Gasteiger charge is -2.17. The average Bonchev–Trinajstić information content (AvgIpc) is 3.14. The van der Waals surface area contributed by atoms with Gasteiger partial charge in [-0.25, -0.2) is 4.39 Å². The van der Waals surface area contributed by atoms with Crippen molar-refractivity contribution in [3.8, 4) is 6.07 Å². The molecule has 3 rings (SSSR count). The Morgan fingerprint density at radius 2 is 2.25 bits per heavy atom. The number of nitrogens with zero attached hydrogens (tertiary/aromatic N) is 2. The molecule has 2 amide bonds. The maximum Gasteiger partial charge on any atom is 0.230 e. The molecule has 0 aliphatic carbocycles. The minimum atomic E-state index is -0.577. The highest BCUT2D eigenvalue weighted by atomic mass is 32.1. The molecule has 0 radical (unpaired) electrons. The number of halogens is 1. The summed E-state index contributed by atoms with van der Waals surface area (Å²) in [6.07, 6.45) is 0.0202. The summed E-state index contributed by atoms with van der Waals surface area (Å²) in [7, 11) is 0. The normalized spacial score (nSPS) is 17.0. The number of hydrogen-bond acceptors (Lipinski definition) is 4. The molecule has 2 aromatic rings. The van der Waals surface area contributed by atoms with Crippen LogP contribution in [-0.4, -0.2) is 18.4 Å². The number of carbonyl (C=O) groups excluding carboxylic acids is 2. The fourth-order valence-corrected chi connectivity index (χ4v) is 3.40. The molecule has 1 atom stereocenters. The van der Waals surface area contributed by atoms with E-state index in [2.05, 4.69) is 5.32 Å². The topological polar surface area (TPSA) is 73.2 Å². The largest absolute Gasteiger partial charge is 0.316 e. The van der Waals surface area contributed by atoms with E-state index in [0.29, 0.717) is 10.6 Å². The second-order valence-electron chi connectivity index (χ2n) is 5.62. The van der Waals surface area contributed by atoms with Crippen molar-refractivity contribution >= 4 is 33.8 Å². The molecule has 122 valence electrons. The zero-order valence-electron chi connectivity index (χ0n) is 12.9. The molecule has 5 nitrogen and oxygen atoms in total. The third-order valence-corrected chi connectivity index (χ3v) is 4.74. The molecule has 1 saturated heterocycles. The molecule has 7 heteroatoms. The van der Waals surface area contributed by atoms with Gasteiger partial charge in [0.1, 0.15) is 16.9 Å². The standard InChI is InChI=1S/C17H14FN3O2S/c1-10-2-3-14(13(18)6-10)21-9-12(7-15(21)22)16(23)20-17-11(8-19)4-5-24-17/h2-6,12H,7,9H2,1H3,(H,20,23)/t12-/m1/s1. The summed E-state index contributed by atoms with van der Waals surface area (Å²) in [6.45, 7) is 1.89. The van der Waals surface area contributed by atoms with Gasteiger partial charge in [0.25, 0.3) is 0 Å². The van der Waals surface area contributed by atoms with Crippen LogP contribution in [0.15, 0.2) is 29.6 Å². The van der Waals surface area contributed by atoms with E-state index in [1.807, 2.05) is 6.07 Å². The zero-order chi connectivity index (χ0) is 17.3. The zero-order valence-corrected chi connectivity index (χ0v) is 13.7. The Balaban J connectivity index is 1.75. The van der Waals surface area contributed by atoms with Gasteiger partial charge in [-0.2, -0.15) is 5.26 Å². The van der Waals surface area contributed by atoms with Gasteiger partial charge in [0.05, 0.1) is 17.2 Å². The maximum absolute atomic E-state index is 14.1. The first-order valence-electron chi connectivity index (χ1n) is 7.34. The van der Waals surface area contributed by atoms with Crippen molar-refractivity contribution in [2.24, 2.45) is 5.92 Å². The number of nitriles is 1. The van der Waals surface area contributed by atoms with E-state index < -0.39 is 11.7 Å². The summed E-state index contributed by atoms with van der Waals surface area (Å²) >= 11 is 1.25. The van der Waals surface area contributed by atoms with Gasteiger partial charge in [0.2, 0.25) is 11.8 Å². The summed E-state index contributed by atoms with van der Waals surface area (Å²) in [4.78, 5) is 25.8. The highest BCUT2D eigenvalue weighted by molar-refractivity contribution is 7.14. The molecule has 1 fully saturated rings. The van der Waals surface area contributed by atoms with Crippen LogP contribution in [0.2, 0.25) is 0 Å². The number of rotatable bonds is 3. The van der Waals surface area contributed by atoms with Crippen molar-refractivity contribution in [1.29, 1.82) is 5.26 Å². The summed E-state index contributed by atoms with van der Waals surface area (Å²) < 4.78 is 14.1. The van der Waals surface area contributed by atoms with Gasteiger partial charge in [-0.15, -0.1) is 11.3 Å². The number of carbonyl (C=O) groups is 2. The molecule has 1 aromatic carbocycles. The van der Waals surface area contributed by atoms with Crippen molar-refractivity contribution in [2.45, 2.75) is 13.3 Å². The van der Waals surface area contributed by atoms with Gasteiger partial charge in [0, 0.05) is 13.0 Å². The molecule has 0 saturated carbocycles. The van der Waals surface area contributed by atoms with Gasteiger partial charge in [-0.3, -0.25) is 9.59 Å². The first kappa shape index (κ1) is 16.1. The second-order valence-corrected chi connectivity index (χ2v) is 6.54. The quantitative estimate of drug-likeness (QED) is 0.931. The highest BCUT2D eigenvalue weighted by Gasteiger charge is 2.36. The van der Waals surface area contributed by atoms with E-state index in [1.54, 1.807) is 30.5 Å². The Morgan fingerprint density at radius 1 is 1.46 bits per heavy atom. The van der Waals surface area contributed by atoms with Crippen LogP contribution < -0.4 is 10.2 Å². The predicted molar refractivity (Wildman–Crippen MR) is 89.3 cm³/mol. The monoisotopic (exact) mass is 343 g/mol. The van der Waals surface area contributed by atoms with Crippen molar-refractivity contribution in [1.82, 2.24) is 0 Å². The van der Waals surface area contributed by atoms with Gasteiger partial charge >= 0.3 is 0 Å². The van der Waals surface area contributed by atoms with Crippen molar-refractivity contribution in [3.63, 3.8) is 0 Å². The lowest BCUT2D eigenvalue weighted by Crippen LogP contribution is -2.28. The number of thiophene rings is 1. The summed E-state index contributed by atoms with van der Waals surface area (Å²) in [5, 5.41) is 13.8. The van der Waals surface area contributed by atoms with E-state index in [1.165, 1.54) is 22.3 Å². The fourth-order valence-electron chi connectivity index (χ4n) is 2.65. The highest BCUT2D eigenvalue weighted by Crippen LogP contribution is 2.30. The molecule has 2 heterocycles. The van der Waals surface area contributed by atoms with E-state index >= 15 is 0 Å². The lowest BCUT2D eigenvalue weighted by molar-refractivity contribution is -0.122. The van der Waals surface area contributed by atoms with Crippen molar-refractivity contribution < 1.29 is 14.0 Å². The van der Waals surface area contributed by atoms with Crippen LogP contribution in [0.3, 0.4) is 0 Å².